The van der Waals surface area contributed by atoms with Crippen LogP contribution in [0.1, 0.15) is 25.0 Å². The monoisotopic (exact) mass is 410 g/mol. The van der Waals surface area contributed by atoms with E-state index in [1.54, 1.807) is 51.1 Å². The Bertz CT molecular complexity index is 838. The van der Waals surface area contributed by atoms with Gasteiger partial charge in [0.15, 0.2) is 0 Å². The van der Waals surface area contributed by atoms with Crippen LogP contribution in [0.4, 0.5) is 10.1 Å². The molecular weight excluding hydrogens is 390 g/mol. The molecule has 0 aromatic heterocycles. The van der Waals surface area contributed by atoms with Crippen molar-refractivity contribution in [2.45, 2.75) is 32.9 Å². The summed E-state index contributed by atoms with van der Waals surface area (Å²) in [7, 11) is 0. The fraction of sp³-hybridized carbons (Fsp3) is 0.300. The Morgan fingerprint density at radius 2 is 1.78 bits per heavy atom. The van der Waals surface area contributed by atoms with Crippen molar-refractivity contribution in [3.63, 3.8) is 0 Å². The van der Waals surface area contributed by atoms with Gasteiger partial charge in [-0.3, -0.25) is 14.5 Å². The van der Waals surface area contributed by atoms with Gasteiger partial charge >= 0.3 is 0 Å². The smallest absolute Gasteiger partial charge is 0.246 e. The van der Waals surface area contributed by atoms with Gasteiger partial charge in [-0.2, -0.15) is 0 Å². The highest BCUT2D eigenvalue weighted by atomic mass is 35.5. The van der Waals surface area contributed by atoms with Crippen molar-refractivity contribution < 1.29 is 14.0 Å². The largest absolute Gasteiger partial charge is 0.350 e. The minimum Gasteiger partial charge on any atom is -0.350 e. The Morgan fingerprint density at radius 1 is 1.15 bits per heavy atom. The molecule has 4 nitrogen and oxygen atoms in total. The van der Waals surface area contributed by atoms with E-state index in [0.717, 1.165) is 5.56 Å². The standard InChI is InChI=1S/C20H21Cl2FN2O2/c1-13-16(22)5-4-6-17(13)25(18(26)11-21)20(2,3)19(27)24-12-14-7-9-15(23)10-8-14/h4-10H,11-12H2,1-3H3,(H,24,27). The molecule has 0 bridgehead atoms. The topological polar surface area (TPSA) is 49.4 Å². The predicted molar refractivity (Wildman–Crippen MR) is 107 cm³/mol. The number of anilines is 1. The molecule has 0 radical (unpaired) electrons. The molecule has 0 heterocycles. The highest BCUT2D eigenvalue weighted by Gasteiger charge is 2.39. The zero-order valence-electron chi connectivity index (χ0n) is 15.4. The number of benzene rings is 2. The van der Waals surface area contributed by atoms with Crippen LogP contribution in [-0.4, -0.2) is 23.2 Å². The van der Waals surface area contributed by atoms with Crippen molar-refractivity contribution in [1.29, 1.82) is 0 Å². The predicted octanol–water partition coefficient (Wildman–Crippen LogP) is 4.45. The summed E-state index contributed by atoms with van der Waals surface area (Å²) < 4.78 is 13.0. The number of amides is 2. The highest BCUT2D eigenvalue weighted by Crippen LogP contribution is 2.32. The van der Waals surface area contributed by atoms with Crippen molar-refractivity contribution >= 4 is 40.7 Å². The summed E-state index contributed by atoms with van der Waals surface area (Å²) in [6.45, 7) is 5.26. The van der Waals surface area contributed by atoms with Crippen molar-refractivity contribution in [1.82, 2.24) is 5.32 Å². The van der Waals surface area contributed by atoms with Gasteiger partial charge in [-0.25, -0.2) is 4.39 Å². The molecule has 0 unspecified atom stereocenters. The third kappa shape index (κ3) is 4.79. The lowest BCUT2D eigenvalue weighted by atomic mass is 9.98. The SMILES string of the molecule is Cc1c(Cl)cccc1N(C(=O)CCl)C(C)(C)C(=O)NCc1ccc(F)cc1. The number of nitrogens with zero attached hydrogens (tertiary/aromatic N) is 1. The summed E-state index contributed by atoms with van der Waals surface area (Å²) >= 11 is 12.0. The van der Waals surface area contributed by atoms with Crippen LogP contribution in [0.2, 0.25) is 5.02 Å². The minimum atomic E-state index is -1.22. The zero-order chi connectivity index (χ0) is 20.2. The Kier molecular flexibility index (Phi) is 6.84. The van der Waals surface area contributed by atoms with Crippen molar-refractivity contribution in [3.8, 4) is 0 Å². The molecule has 2 aromatic rings. The summed E-state index contributed by atoms with van der Waals surface area (Å²) in [5.74, 6) is -1.41. The fourth-order valence-electron chi connectivity index (χ4n) is 2.75. The first-order valence-electron chi connectivity index (χ1n) is 8.35. The third-order valence-electron chi connectivity index (χ3n) is 4.32. The lowest BCUT2D eigenvalue weighted by molar-refractivity contribution is -0.128. The van der Waals surface area contributed by atoms with E-state index in [1.807, 2.05) is 0 Å². The van der Waals surface area contributed by atoms with Crippen LogP contribution >= 0.6 is 23.2 Å². The van der Waals surface area contributed by atoms with E-state index < -0.39 is 11.4 Å². The zero-order valence-corrected chi connectivity index (χ0v) is 16.9. The summed E-state index contributed by atoms with van der Waals surface area (Å²) in [6.07, 6.45) is 0. The number of halogens is 3. The molecule has 0 aliphatic rings. The summed E-state index contributed by atoms with van der Waals surface area (Å²) in [5, 5.41) is 3.28. The van der Waals surface area contributed by atoms with Gasteiger partial charge in [0.05, 0.1) is 0 Å². The van der Waals surface area contributed by atoms with Gasteiger partial charge < -0.3 is 5.32 Å². The van der Waals surface area contributed by atoms with E-state index in [-0.39, 0.29) is 24.1 Å². The fourth-order valence-corrected chi connectivity index (χ4v) is 3.04. The molecule has 27 heavy (non-hydrogen) atoms. The summed E-state index contributed by atoms with van der Waals surface area (Å²) in [4.78, 5) is 26.8. The van der Waals surface area contributed by atoms with Gasteiger partial charge in [0.25, 0.3) is 0 Å². The Hall–Kier alpha value is -2.11. The van der Waals surface area contributed by atoms with Crippen molar-refractivity contribution in [2.24, 2.45) is 0 Å². The lowest BCUT2D eigenvalue weighted by Crippen LogP contribution is -2.58. The van der Waals surface area contributed by atoms with Crippen molar-refractivity contribution in [2.75, 3.05) is 10.8 Å². The van der Waals surface area contributed by atoms with E-state index in [9.17, 15) is 14.0 Å². The second kappa shape index (κ2) is 8.72. The molecule has 2 aromatic carbocycles. The van der Waals surface area contributed by atoms with Crippen LogP contribution in [0.25, 0.3) is 0 Å². The first-order chi connectivity index (χ1) is 12.7. The van der Waals surface area contributed by atoms with E-state index in [0.29, 0.717) is 16.3 Å². The Morgan fingerprint density at radius 3 is 2.37 bits per heavy atom. The quantitative estimate of drug-likeness (QED) is 0.714. The van der Waals surface area contributed by atoms with E-state index >= 15 is 0 Å². The first-order valence-corrected chi connectivity index (χ1v) is 9.26. The molecule has 1 N–H and O–H groups in total. The third-order valence-corrected chi connectivity index (χ3v) is 4.96. The van der Waals surface area contributed by atoms with Gasteiger partial charge in [-0.15, -0.1) is 11.6 Å². The van der Waals surface area contributed by atoms with Crippen LogP contribution in [0.5, 0.6) is 0 Å². The van der Waals surface area contributed by atoms with Gasteiger partial charge in [-0.05, 0) is 56.2 Å². The molecule has 0 aliphatic heterocycles. The molecule has 2 amide bonds. The molecule has 0 saturated carbocycles. The molecule has 144 valence electrons. The average Bonchev–Trinajstić information content (AvgIpc) is 2.64. The number of carbonyl (C=O) groups is 2. The normalized spacial score (nSPS) is 11.2. The molecule has 0 spiro atoms. The van der Waals surface area contributed by atoms with Crippen molar-refractivity contribution in [3.05, 3.63) is 64.4 Å². The molecule has 0 atom stereocenters. The summed E-state index contributed by atoms with van der Waals surface area (Å²) in [6, 6.07) is 11.0. The lowest BCUT2D eigenvalue weighted by Gasteiger charge is -2.38. The van der Waals surface area contributed by atoms with Crippen LogP contribution in [0.15, 0.2) is 42.5 Å². The molecular formula is C20H21Cl2FN2O2. The van der Waals surface area contributed by atoms with Crippen LogP contribution in [0, 0.1) is 12.7 Å². The minimum absolute atomic E-state index is 0.208. The molecule has 0 fully saturated rings. The van der Waals surface area contributed by atoms with Gasteiger partial charge in [0, 0.05) is 17.3 Å². The Labute approximate surface area is 168 Å². The van der Waals surface area contributed by atoms with E-state index in [1.165, 1.54) is 17.0 Å². The first kappa shape index (κ1) is 21.2. The Balaban J connectivity index is 2.29. The maximum Gasteiger partial charge on any atom is 0.246 e. The summed E-state index contributed by atoms with van der Waals surface area (Å²) in [5.41, 5.74) is 0.725. The average molecular weight is 411 g/mol. The van der Waals surface area contributed by atoms with Gasteiger partial charge in [0.2, 0.25) is 11.8 Å². The highest BCUT2D eigenvalue weighted by molar-refractivity contribution is 6.32. The van der Waals surface area contributed by atoms with Gasteiger partial charge in [-0.1, -0.05) is 29.8 Å². The molecule has 0 aliphatic carbocycles. The molecule has 2 rings (SSSR count). The molecule has 0 saturated heterocycles. The van der Waals surface area contributed by atoms with Gasteiger partial charge in [0.1, 0.15) is 17.2 Å². The van der Waals surface area contributed by atoms with E-state index in [4.69, 9.17) is 23.2 Å². The second-order valence-corrected chi connectivity index (χ2v) is 7.29. The van der Waals surface area contributed by atoms with Crippen LogP contribution in [0.3, 0.4) is 0 Å². The van der Waals surface area contributed by atoms with E-state index in [2.05, 4.69) is 5.32 Å². The maximum atomic E-state index is 13.0. The number of carbonyl (C=O) groups excluding carboxylic acids is 2. The number of hydrogen-bond donors (Lipinski definition) is 1. The number of hydrogen-bond acceptors (Lipinski definition) is 2. The van der Waals surface area contributed by atoms with Crippen LogP contribution in [-0.2, 0) is 16.1 Å². The maximum absolute atomic E-state index is 13.0. The number of nitrogens with one attached hydrogen (secondary N) is 1. The number of alkyl halides is 1. The second-order valence-electron chi connectivity index (χ2n) is 6.61. The number of rotatable bonds is 6. The molecule has 7 heteroatoms. The van der Waals surface area contributed by atoms with Crippen LogP contribution < -0.4 is 10.2 Å².